The molecule has 8 heteroatoms. The molecule has 0 amide bonds. The molecule has 0 aliphatic carbocycles. The van der Waals surface area contributed by atoms with Crippen LogP contribution in [0.2, 0.25) is 0 Å². The van der Waals surface area contributed by atoms with Gasteiger partial charge >= 0.3 is 17.9 Å². The van der Waals surface area contributed by atoms with Crippen molar-refractivity contribution in [1.29, 1.82) is 0 Å². The first kappa shape index (κ1) is 65.2. The van der Waals surface area contributed by atoms with E-state index >= 15 is 0 Å². The van der Waals surface area contributed by atoms with Gasteiger partial charge in [-0.2, -0.15) is 0 Å². The number of aliphatic carboxylic acids is 1. The third kappa shape index (κ3) is 49.0. The third-order valence-corrected chi connectivity index (χ3v) is 12.0. The standard InChI is InChI=1S/C61H103NO7/c1-6-8-10-12-14-16-18-20-22-24-26-28-30-32-34-36-38-40-42-44-46-48-50-52-60(64)69-57(55-67-54-53-58(61(65)66)62(3,4)5)56-68-59(63)51-49-47-45-43-41-39-37-35-33-31-29-27-25-23-21-19-17-15-13-11-9-7-2/h8,10,14,16,20,22,25-28,31-34,38,40,57-58H,6-7,9,11-13,15,17-19,21,23-24,29-30,35-37,39,41-56H2,1-5H3/p+1/b10-8+,16-14+,22-20+,27-25+,28-26+,33-31+,34-32+,40-38+. The molecule has 0 aromatic heterocycles. The Bertz CT molecular complexity index is 1450. The monoisotopic (exact) mass is 963 g/mol. The van der Waals surface area contributed by atoms with Crippen molar-refractivity contribution >= 4 is 17.9 Å². The molecule has 394 valence electrons. The average molecular weight is 964 g/mol. The number of unbranched alkanes of at least 4 members (excludes halogenated alkanes) is 19. The number of rotatable bonds is 49. The Morgan fingerprint density at radius 1 is 0.449 bits per heavy atom. The first-order chi connectivity index (χ1) is 33.6. The number of carboxylic acids is 1. The second-order valence-electron chi connectivity index (χ2n) is 19.5. The van der Waals surface area contributed by atoms with E-state index in [1.807, 2.05) is 21.1 Å². The van der Waals surface area contributed by atoms with Crippen LogP contribution in [-0.4, -0.2) is 80.6 Å². The minimum absolute atomic E-state index is 0.0424. The van der Waals surface area contributed by atoms with Crippen LogP contribution in [-0.2, 0) is 28.6 Å². The number of carboxylic acid groups (broad SMARTS) is 1. The van der Waals surface area contributed by atoms with Gasteiger partial charge in [0.25, 0.3) is 0 Å². The van der Waals surface area contributed by atoms with Gasteiger partial charge < -0.3 is 23.8 Å². The fourth-order valence-corrected chi connectivity index (χ4v) is 7.71. The van der Waals surface area contributed by atoms with Crippen LogP contribution in [0.15, 0.2) is 97.2 Å². The van der Waals surface area contributed by atoms with Gasteiger partial charge in [-0.05, 0) is 96.3 Å². The van der Waals surface area contributed by atoms with Gasteiger partial charge in [0, 0.05) is 19.3 Å². The van der Waals surface area contributed by atoms with E-state index in [-0.39, 0.29) is 36.2 Å². The van der Waals surface area contributed by atoms with Gasteiger partial charge in [-0.3, -0.25) is 9.59 Å². The number of likely N-dealkylation sites (N-methyl/N-ethyl adjacent to an activating group) is 1. The molecule has 2 atom stereocenters. The van der Waals surface area contributed by atoms with E-state index in [9.17, 15) is 19.5 Å². The number of carbonyl (C=O) groups excluding carboxylic acids is 2. The Kier molecular flexibility index (Phi) is 47.9. The first-order valence-corrected chi connectivity index (χ1v) is 27.8. The average Bonchev–Trinajstić information content (AvgIpc) is 3.31. The number of allylic oxidation sites excluding steroid dienone is 16. The van der Waals surface area contributed by atoms with Gasteiger partial charge in [0.15, 0.2) is 12.1 Å². The van der Waals surface area contributed by atoms with Gasteiger partial charge in [-0.15, -0.1) is 0 Å². The Balaban J connectivity index is 4.30. The van der Waals surface area contributed by atoms with Gasteiger partial charge in [0.05, 0.1) is 34.4 Å². The molecule has 0 saturated carbocycles. The molecule has 0 aromatic carbocycles. The predicted octanol–water partition coefficient (Wildman–Crippen LogP) is 16.6. The van der Waals surface area contributed by atoms with Crippen molar-refractivity contribution in [2.45, 2.75) is 231 Å². The molecule has 0 bridgehead atoms. The molecule has 0 fully saturated rings. The summed E-state index contributed by atoms with van der Waals surface area (Å²) in [6.07, 6.45) is 68.9. The zero-order valence-corrected chi connectivity index (χ0v) is 45.0. The van der Waals surface area contributed by atoms with Crippen molar-refractivity contribution in [3.05, 3.63) is 97.2 Å². The lowest BCUT2D eigenvalue weighted by atomic mass is 10.1. The van der Waals surface area contributed by atoms with Crippen LogP contribution in [0.1, 0.15) is 219 Å². The molecule has 0 saturated heterocycles. The number of quaternary nitrogens is 1. The normalized spacial score (nSPS) is 13.6. The highest BCUT2D eigenvalue weighted by Crippen LogP contribution is 2.14. The predicted molar refractivity (Wildman–Crippen MR) is 293 cm³/mol. The maximum Gasteiger partial charge on any atom is 0.362 e. The maximum atomic E-state index is 12.8. The van der Waals surface area contributed by atoms with E-state index in [1.54, 1.807) is 0 Å². The van der Waals surface area contributed by atoms with E-state index < -0.39 is 18.1 Å². The molecular weight excluding hydrogens is 859 g/mol. The highest BCUT2D eigenvalue weighted by atomic mass is 16.6. The Hall–Kier alpha value is -3.75. The Morgan fingerprint density at radius 3 is 1.20 bits per heavy atom. The smallest absolute Gasteiger partial charge is 0.362 e. The first-order valence-electron chi connectivity index (χ1n) is 27.8. The van der Waals surface area contributed by atoms with E-state index in [0.29, 0.717) is 19.3 Å². The van der Waals surface area contributed by atoms with E-state index in [4.69, 9.17) is 14.2 Å². The summed E-state index contributed by atoms with van der Waals surface area (Å²) in [7, 11) is 5.52. The van der Waals surface area contributed by atoms with Crippen molar-refractivity contribution in [2.24, 2.45) is 0 Å². The van der Waals surface area contributed by atoms with Crippen LogP contribution in [0.25, 0.3) is 0 Å². The van der Waals surface area contributed by atoms with Crippen molar-refractivity contribution in [1.82, 2.24) is 0 Å². The summed E-state index contributed by atoms with van der Waals surface area (Å²) < 4.78 is 17.4. The fraction of sp³-hybridized carbons (Fsp3) is 0.689. The van der Waals surface area contributed by atoms with Gasteiger partial charge in [0.1, 0.15) is 6.61 Å². The molecule has 0 radical (unpaired) electrons. The molecule has 0 aliphatic rings. The molecule has 8 nitrogen and oxygen atoms in total. The number of esters is 2. The zero-order valence-electron chi connectivity index (χ0n) is 45.0. The van der Waals surface area contributed by atoms with Gasteiger partial charge in [0.2, 0.25) is 0 Å². The SMILES string of the molecule is CC/C=C/C/C=C/C/C=C/C/C=C/C/C=C/C/C=C/CCCCCCC(=O)OC(COCCC(C(=O)O)[N+](C)(C)C)COC(=O)CCCCCCCCC/C=C/C/C=C/CCCCCCCCCC. The van der Waals surface area contributed by atoms with Crippen LogP contribution in [0.4, 0.5) is 0 Å². The lowest BCUT2D eigenvalue weighted by Gasteiger charge is -2.31. The van der Waals surface area contributed by atoms with Crippen LogP contribution in [0.3, 0.4) is 0 Å². The summed E-state index contributed by atoms with van der Waals surface area (Å²) in [6.45, 7) is 4.59. The summed E-state index contributed by atoms with van der Waals surface area (Å²) >= 11 is 0. The quantitative estimate of drug-likeness (QED) is 0.0281. The molecule has 0 rings (SSSR count). The largest absolute Gasteiger partial charge is 0.477 e. The lowest BCUT2D eigenvalue weighted by molar-refractivity contribution is -0.887. The summed E-state index contributed by atoms with van der Waals surface area (Å²) in [5.41, 5.74) is 0. The topological polar surface area (TPSA) is 99.1 Å². The molecular formula is C61H104NO7+. The summed E-state index contributed by atoms with van der Waals surface area (Å²) in [6, 6.07) is -0.628. The Morgan fingerprint density at radius 2 is 0.812 bits per heavy atom. The molecule has 0 aromatic rings. The van der Waals surface area contributed by atoms with Crippen LogP contribution < -0.4 is 0 Å². The van der Waals surface area contributed by atoms with Gasteiger partial charge in [-0.25, -0.2) is 4.79 Å². The number of nitrogens with zero attached hydrogens (tertiary/aromatic N) is 1. The zero-order chi connectivity index (χ0) is 50.6. The summed E-state index contributed by atoms with van der Waals surface area (Å²) in [4.78, 5) is 37.3. The molecule has 2 unspecified atom stereocenters. The lowest BCUT2D eigenvalue weighted by Crippen LogP contribution is -2.50. The third-order valence-electron chi connectivity index (χ3n) is 12.0. The second-order valence-corrected chi connectivity index (χ2v) is 19.5. The second kappa shape index (κ2) is 50.6. The molecule has 0 aliphatic heterocycles. The highest BCUT2D eigenvalue weighted by Gasteiger charge is 2.31. The number of hydrogen-bond acceptors (Lipinski definition) is 6. The number of hydrogen-bond donors (Lipinski definition) is 1. The molecule has 0 heterocycles. The molecule has 1 N–H and O–H groups in total. The maximum absolute atomic E-state index is 12.8. The van der Waals surface area contributed by atoms with Crippen molar-refractivity contribution in [2.75, 3.05) is 41.0 Å². The summed E-state index contributed by atoms with van der Waals surface area (Å²) in [5, 5.41) is 9.67. The van der Waals surface area contributed by atoms with Crippen LogP contribution in [0.5, 0.6) is 0 Å². The van der Waals surface area contributed by atoms with E-state index in [2.05, 4.69) is 111 Å². The van der Waals surface area contributed by atoms with E-state index in [0.717, 1.165) is 103 Å². The van der Waals surface area contributed by atoms with Gasteiger partial charge in [-0.1, -0.05) is 201 Å². The van der Waals surface area contributed by atoms with Crippen molar-refractivity contribution < 1.29 is 38.2 Å². The minimum Gasteiger partial charge on any atom is -0.477 e. The molecule has 0 spiro atoms. The van der Waals surface area contributed by atoms with Crippen molar-refractivity contribution in [3.63, 3.8) is 0 Å². The van der Waals surface area contributed by atoms with Crippen molar-refractivity contribution in [3.8, 4) is 0 Å². The molecule has 69 heavy (non-hydrogen) atoms. The number of carbonyl (C=O) groups is 3. The Labute approximate surface area is 424 Å². The number of ether oxygens (including phenoxy) is 3. The highest BCUT2D eigenvalue weighted by molar-refractivity contribution is 5.72. The van der Waals surface area contributed by atoms with Crippen LogP contribution in [0, 0.1) is 0 Å². The van der Waals surface area contributed by atoms with E-state index in [1.165, 1.54) is 83.5 Å². The summed E-state index contributed by atoms with van der Waals surface area (Å²) in [5.74, 6) is -1.51. The minimum atomic E-state index is -0.883. The van der Waals surface area contributed by atoms with Crippen LogP contribution >= 0.6 is 0 Å². The fourth-order valence-electron chi connectivity index (χ4n) is 7.71.